The van der Waals surface area contributed by atoms with Gasteiger partial charge < -0.3 is 10.1 Å². The van der Waals surface area contributed by atoms with Crippen LogP contribution in [0, 0.1) is 32.1 Å². The van der Waals surface area contributed by atoms with Gasteiger partial charge in [0, 0.05) is 11.6 Å². The van der Waals surface area contributed by atoms with Crippen molar-refractivity contribution >= 4 is 0 Å². The number of methoxy groups -OCH3 is 1. The lowest BCUT2D eigenvalue weighted by Crippen LogP contribution is -2.18. The summed E-state index contributed by atoms with van der Waals surface area (Å²) in [6, 6.07) is 4.38. The Balaban J connectivity index is 3.40. The molecule has 0 bridgehead atoms. The van der Waals surface area contributed by atoms with E-state index in [1.165, 1.54) is 11.1 Å². The van der Waals surface area contributed by atoms with Crippen LogP contribution in [0.2, 0.25) is 0 Å². The highest BCUT2D eigenvalue weighted by Crippen LogP contribution is 2.34. The predicted octanol–water partition coefficient (Wildman–Crippen LogP) is 2.79. The molecule has 3 nitrogen and oxygen atoms in total. The Bertz CT molecular complexity index is 447. The minimum atomic E-state index is 0.0225. The lowest BCUT2D eigenvalue weighted by Gasteiger charge is -2.22. The molecule has 1 rings (SSSR count). The van der Waals surface area contributed by atoms with Crippen LogP contribution in [-0.2, 0) is 0 Å². The van der Waals surface area contributed by atoms with Gasteiger partial charge in [0.25, 0.3) is 0 Å². The fourth-order valence-electron chi connectivity index (χ4n) is 2.21. The molecule has 1 aromatic rings. The summed E-state index contributed by atoms with van der Waals surface area (Å²) in [5.41, 5.74) is 4.63. The van der Waals surface area contributed by atoms with Gasteiger partial charge in [-0.15, -0.1) is 0 Å². The van der Waals surface area contributed by atoms with E-state index in [9.17, 15) is 0 Å². The molecule has 17 heavy (non-hydrogen) atoms. The molecule has 1 N–H and O–H groups in total. The van der Waals surface area contributed by atoms with Crippen molar-refractivity contribution in [2.24, 2.45) is 0 Å². The summed E-state index contributed by atoms with van der Waals surface area (Å²) in [6.45, 7) is 6.19. The molecule has 3 heteroatoms. The molecule has 0 saturated heterocycles. The summed E-state index contributed by atoms with van der Waals surface area (Å²) in [5.74, 6) is 0.900. The molecule has 0 saturated carbocycles. The van der Waals surface area contributed by atoms with E-state index in [-0.39, 0.29) is 6.04 Å². The van der Waals surface area contributed by atoms with E-state index >= 15 is 0 Å². The number of nitrogens with zero attached hydrogens (tertiary/aromatic N) is 1. The Morgan fingerprint density at radius 2 is 2.00 bits per heavy atom. The van der Waals surface area contributed by atoms with Gasteiger partial charge >= 0.3 is 0 Å². The van der Waals surface area contributed by atoms with E-state index in [1.807, 2.05) is 7.05 Å². The highest BCUT2D eigenvalue weighted by Gasteiger charge is 2.19. The fourth-order valence-corrected chi connectivity index (χ4v) is 2.21. The van der Waals surface area contributed by atoms with E-state index < -0.39 is 0 Å². The van der Waals surface area contributed by atoms with Crippen LogP contribution >= 0.6 is 0 Å². The lowest BCUT2D eigenvalue weighted by atomic mass is 9.93. The number of hydrogen-bond acceptors (Lipinski definition) is 3. The molecule has 1 unspecified atom stereocenters. The van der Waals surface area contributed by atoms with Gasteiger partial charge in [-0.3, -0.25) is 0 Å². The van der Waals surface area contributed by atoms with Gasteiger partial charge in [0.15, 0.2) is 0 Å². The van der Waals surface area contributed by atoms with Crippen LogP contribution in [0.15, 0.2) is 6.07 Å². The summed E-state index contributed by atoms with van der Waals surface area (Å²) >= 11 is 0. The monoisotopic (exact) mass is 232 g/mol. The lowest BCUT2D eigenvalue weighted by molar-refractivity contribution is 0.397. The first-order chi connectivity index (χ1) is 8.06. The van der Waals surface area contributed by atoms with Gasteiger partial charge in [-0.05, 0) is 44.5 Å². The van der Waals surface area contributed by atoms with Crippen LogP contribution in [0.3, 0.4) is 0 Å². The Labute approximate surface area is 103 Å². The van der Waals surface area contributed by atoms with Gasteiger partial charge in [-0.25, -0.2) is 0 Å². The third kappa shape index (κ3) is 2.59. The van der Waals surface area contributed by atoms with Crippen molar-refractivity contribution in [1.82, 2.24) is 5.32 Å². The van der Waals surface area contributed by atoms with E-state index in [0.29, 0.717) is 6.42 Å². The zero-order chi connectivity index (χ0) is 13.0. The van der Waals surface area contributed by atoms with E-state index in [2.05, 4.69) is 38.2 Å². The standard InChI is InChI=1S/C14H20N2O/c1-9-8-10(2)13(12(16-4)6-7-15)14(17-5)11(9)3/h8,12,16H,6H2,1-5H3. The topological polar surface area (TPSA) is 45.0 Å². The van der Waals surface area contributed by atoms with Gasteiger partial charge in [-0.1, -0.05) is 6.07 Å². The highest BCUT2D eigenvalue weighted by atomic mass is 16.5. The summed E-state index contributed by atoms with van der Waals surface area (Å²) in [5, 5.41) is 12.1. The number of hydrogen-bond donors (Lipinski definition) is 1. The normalized spacial score (nSPS) is 12.0. The van der Waals surface area contributed by atoms with Gasteiger partial charge in [0.05, 0.1) is 19.6 Å². The second-order valence-corrected chi connectivity index (χ2v) is 4.29. The number of rotatable bonds is 4. The van der Waals surface area contributed by atoms with E-state index in [0.717, 1.165) is 16.9 Å². The quantitative estimate of drug-likeness (QED) is 0.868. The van der Waals surface area contributed by atoms with Crippen molar-refractivity contribution in [1.29, 1.82) is 5.26 Å². The second-order valence-electron chi connectivity index (χ2n) is 4.29. The molecule has 0 radical (unpaired) electrons. The first-order valence-corrected chi connectivity index (χ1v) is 5.75. The Hall–Kier alpha value is -1.53. The summed E-state index contributed by atoms with van der Waals surface area (Å²) in [6.07, 6.45) is 0.441. The average molecular weight is 232 g/mol. The van der Waals surface area contributed by atoms with Crippen LogP contribution in [0.1, 0.15) is 34.7 Å². The molecule has 92 valence electrons. The van der Waals surface area contributed by atoms with Gasteiger partial charge in [-0.2, -0.15) is 5.26 Å². The second kappa shape index (κ2) is 5.70. The molecular formula is C14H20N2O. The van der Waals surface area contributed by atoms with Crippen LogP contribution in [0.5, 0.6) is 5.75 Å². The van der Waals surface area contributed by atoms with Crippen LogP contribution < -0.4 is 10.1 Å². The van der Waals surface area contributed by atoms with Crippen molar-refractivity contribution < 1.29 is 4.74 Å². The maximum Gasteiger partial charge on any atom is 0.127 e. The average Bonchev–Trinajstić information content (AvgIpc) is 2.31. The molecule has 0 heterocycles. The number of nitriles is 1. The third-order valence-corrected chi connectivity index (χ3v) is 3.23. The predicted molar refractivity (Wildman–Crippen MR) is 69.2 cm³/mol. The van der Waals surface area contributed by atoms with Crippen molar-refractivity contribution in [2.45, 2.75) is 33.2 Å². The summed E-state index contributed by atoms with van der Waals surface area (Å²) in [4.78, 5) is 0. The van der Waals surface area contributed by atoms with Crippen molar-refractivity contribution in [2.75, 3.05) is 14.2 Å². The highest BCUT2D eigenvalue weighted by molar-refractivity contribution is 5.51. The molecule has 1 atom stereocenters. The Kier molecular flexibility index (Phi) is 4.53. The number of aryl methyl sites for hydroxylation is 2. The molecule has 0 aromatic heterocycles. The molecule has 0 fully saturated rings. The van der Waals surface area contributed by atoms with Crippen LogP contribution in [0.4, 0.5) is 0 Å². The maximum absolute atomic E-state index is 8.88. The largest absolute Gasteiger partial charge is 0.496 e. The summed E-state index contributed by atoms with van der Waals surface area (Å²) < 4.78 is 5.52. The first-order valence-electron chi connectivity index (χ1n) is 5.75. The molecule has 1 aromatic carbocycles. The number of nitrogens with one attached hydrogen (secondary N) is 1. The molecule has 0 amide bonds. The SMILES string of the molecule is CNC(CC#N)c1c(C)cc(C)c(C)c1OC. The maximum atomic E-state index is 8.88. The van der Waals surface area contributed by atoms with Crippen molar-refractivity contribution in [3.8, 4) is 11.8 Å². The Morgan fingerprint density at radius 3 is 2.47 bits per heavy atom. The zero-order valence-corrected chi connectivity index (χ0v) is 11.2. The summed E-state index contributed by atoms with van der Waals surface area (Å²) in [7, 11) is 3.56. The third-order valence-electron chi connectivity index (χ3n) is 3.23. The Morgan fingerprint density at radius 1 is 1.35 bits per heavy atom. The zero-order valence-electron chi connectivity index (χ0n) is 11.2. The fraction of sp³-hybridized carbons (Fsp3) is 0.500. The van der Waals surface area contributed by atoms with Gasteiger partial charge in [0.2, 0.25) is 0 Å². The molecule has 0 aliphatic heterocycles. The first kappa shape index (κ1) is 13.5. The number of benzene rings is 1. The van der Waals surface area contributed by atoms with Crippen LogP contribution in [-0.4, -0.2) is 14.2 Å². The number of ether oxygens (including phenoxy) is 1. The molecule has 0 aliphatic carbocycles. The van der Waals surface area contributed by atoms with Crippen LogP contribution in [0.25, 0.3) is 0 Å². The minimum Gasteiger partial charge on any atom is -0.496 e. The minimum absolute atomic E-state index is 0.0225. The van der Waals surface area contributed by atoms with Crippen molar-refractivity contribution in [3.05, 3.63) is 28.3 Å². The van der Waals surface area contributed by atoms with Gasteiger partial charge in [0.1, 0.15) is 5.75 Å². The molecular weight excluding hydrogens is 212 g/mol. The smallest absolute Gasteiger partial charge is 0.127 e. The van der Waals surface area contributed by atoms with Crippen molar-refractivity contribution in [3.63, 3.8) is 0 Å². The van der Waals surface area contributed by atoms with E-state index in [4.69, 9.17) is 10.00 Å². The molecule has 0 spiro atoms. The van der Waals surface area contributed by atoms with E-state index in [1.54, 1.807) is 7.11 Å². The molecule has 0 aliphatic rings.